The van der Waals surface area contributed by atoms with E-state index >= 15 is 0 Å². The van der Waals surface area contributed by atoms with Crippen molar-refractivity contribution in [1.82, 2.24) is 4.98 Å². The number of benzene rings is 1. The molecule has 0 aliphatic carbocycles. The predicted octanol–water partition coefficient (Wildman–Crippen LogP) is 3.83. The summed E-state index contributed by atoms with van der Waals surface area (Å²) in [7, 11) is 0. The summed E-state index contributed by atoms with van der Waals surface area (Å²) >= 11 is 3.21. The second kappa shape index (κ2) is 5.46. The maximum Gasteiger partial charge on any atom is 0.219 e. The van der Waals surface area contributed by atoms with Crippen LogP contribution in [0, 0.1) is 5.82 Å². The lowest BCUT2D eigenvalue weighted by Gasteiger charge is -2.09. The highest BCUT2D eigenvalue weighted by Gasteiger charge is 2.07. The first-order valence-electron chi connectivity index (χ1n) is 5.33. The van der Waals surface area contributed by atoms with Gasteiger partial charge < -0.3 is 9.84 Å². The molecular weight excluding hydrogens is 301 g/mol. The highest BCUT2D eigenvalue weighted by Crippen LogP contribution is 2.30. The number of ether oxygens (including phenoxy) is 1. The number of aromatic nitrogens is 1. The van der Waals surface area contributed by atoms with Crippen LogP contribution in [-0.4, -0.2) is 10.1 Å². The maximum atomic E-state index is 12.9. The molecule has 2 aromatic rings. The number of aliphatic hydroxyl groups is 1. The molecule has 1 atom stereocenters. The Kier molecular flexibility index (Phi) is 3.93. The first kappa shape index (κ1) is 13.0. The average Bonchev–Trinajstić information content (AvgIpc) is 2.33. The van der Waals surface area contributed by atoms with E-state index in [1.807, 2.05) is 0 Å². The van der Waals surface area contributed by atoms with E-state index in [4.69, 9.17) is 4.74 Å². The number of pyridine rings is 1. The van der Waals surface area contributed by atoms with E-state index in [-0.39, 0.29) is 5.82 Å². The second-order valence-corrected chi connectivity index (χ2v) is 4.63. The smallest absolute Gasteiger partial charge is 0.219 e. The SMILES string of the molecule is CC(O)c1ccnc(Oc2ccc(F)cc2Br)c1. The number of hydrogen-bond acceptors (Lipinski definition) is 3. The lowest BCUT2D eigenvalue weighted by Crippen LogP contribution is -1.94. The Labute approximate surface area is 112 Å². The van der Waals surface area contributed by atoms with Crippen molar-refractivity contribution >= 4 is 15.9 Å². The van der Waals surface area contributed by atoms with Crippen LogP contribution in [0.2, 0.25) is 0 Å². The van der Waals surface area contributed by atoms with Gasteiger partial charge in [0, 0.05) is 12.3 Å². The van der Waals surface area contributed by atoms with Crippen LogP contribution in [0.3, 0.4) is 0 Å². The molecule has 0 fully saturated rings. The topological polar surface area (TPSA) is 42.4 Å². The highest BCUT2D eigenvalue weighted by atomic mass is 79.9. The molecule has 94 valence electrons. The molecule has 1 unspecified atom stereocenters. The molecule has 0 amide bonds. The zero-order chi connectivity index (χ0) is 13.1. The van der Waals surface area contributed by atoms with Crippen molar-refractivity contribution in [3.8, 4) is 11.6 Å². The Bertz CT molecular complexity index is 560. The summed E-state index contributed by atoms with van der Waals surface area (Å²) in [5, 5.41) is 9.46. The fraction of sp³-hybridized carbons (Fsp3) is 0.154. The average molecular weight is 312 g/mol. The van der Waals surface area contributed by atoms with E-state index in [1.54, 1.807) is 25.3 Å². The predicted molar refractivity (Wildman–Crippen MR) is 69.0 cm³/mol. The van der Waals surface area contributed by atoms with Gasteiger partial charge in [-0.3, -0.25) is 0 Å². The third kappa shape index (κ3) is 3.05. The molecule has 1 aromatic heterocycles. The zero-order valence-corrected chi connectivity index (χ0v) is 11.2. The molecule has 0 aliphatic rings. The molecule has 1 aromatic carbocycles. The molecule has 1 N–H and O–H groups in total. The minimum absolute atomic E-state index is 0.347. The van der Waals surface area contributed by atoms with Crippen LogP contribution in [0.15, 0.2) is 41.0 Å². The summed E-state index contributed by atoms with van der Waals surface area (Å²) in [6, 6.07) is 7.47. The number of rotatable bonds is 3. The molecule has 1 heterocycles. The molecule has 2 rings (SSSR count). The van der Waals surface area contributed by atoms with Crippen LogP contribution in [0.1, 0.15) is 18.6 Å². The molecule has 18 heavy (non-hydrogen) atoms. The molecule has 0 aliphatic heterocycles. The summed E-state index contributed by atoms with van der Waals surface area (Å²) in [5.74, 6) is 0.465. The summed E-state index contributed by atoms with van der Waals surface area (Å²) in [5.41, 5.74) is 0.707. The van der Waals surface area contributed by atoms with Gasteiger partial charge in [-0.2, -0.15) is 0 Å². The Balaban J connectivity index is 2.25. The van der Waals surface area contributed by atoms with Gasteiger partial charge in [-0.1, -0.05) is 0 Å². The number of aliphatic hydroxyl groups excluding tert-OH is 1. The van der Waals surface area contributed by atoms with Gasteiger partial charge in [0.05, 0.1) is 10.6 Å². The van der Waals surface area contributed by atoms with E-state index in [9.17, 15) is 9.50 Å². The minimum Gasteiger partial charge on any atom is -0.438 e. The molecule has 0 spiro atoms. The lowest BCUT2D eigenvalue weighted by atomic mass is 10.2. The van der Waals surface area contributed by atoms with Gasteiger partial charge in [-0.15, -0.1) is 0 Å². The van der Waals surface area contributed by atoms with Crippen molar-refractivity contribution in [1.29, 1.82) is 0 Å². The quantitative estimate of drug-likeness (QED) is 0.936. The molecule has 0 saturated carbocycles. The van der Waals surface area contributed by atoms with E-state index in [2.05, 4.69) is 20.9 Å². The van der Waals surface area contributed by atoms with Gasteiger partial charge in [-0.05, 0) is 52.7 Å². The van der Waals surface area contributed by atoms with Gasteiger partial charge >= 0.3 is 0 Å². The van der Waals surface area contributed by atoms with E-state index in [0.717, 1.165) is 0 Å². The summed E-state index contributed by atoms with van der Waals surface area (Å²) in [6.07, 6.45) is 0.960. The number of nitrogens with zero attached hydrogens (tertiary/aromatic N) is 1. The van der Waals surface area contributed by atoms with Crippen LogP contribution >= 0.6 is 15.9 Å². The monoisotopic (exact) mass is 311 g/mol. The Morgan fingerprint density at radius 2 is 2.11 bits per heavy atom. The van der Waals surface area contributed by atoms with Crippen LogP contribution in [0.4, 0.5) is 4.39 Å². The third-order valence-corrected chi connectivity index (χ3v) is 2.97. The van der Waals surface area contributed by atoms with Crippen LogP contribution in [0.5, 0.6) is 11.6 Å². The molecule has 0 radical (unpaired) electrons. The van der Waals surface area contributed by atoms with Gasteiger partial charge in [0.1, 0.15) is 11.6 Å². The first-order valence-corrected chi connectivity index (χ1v) is 6.12. The Morgan fingerprint density at radius 3 is 2.78 bits per heavy atom. The van der Waals surface area contributed by atoms with Gasteiger partial charge in [-0.25, -0.2) is 9.37 Å². The number of hydrogen-bond donors (Lipinski definition) is 1. The van der Waals surface area contributed by atoms with Crippen LogP contribution in [-0.2, 0) is 0 Å². The Hall–Kier alpha value is -1.46. The largest absolute Gasteiger partial charge is 0.438 e. The zero-order valence-electron chi connectivity index (χ0n) is 9.60. The molecule has 5 heteroatoms. The summed E-state index contributed by atoms with van der Waals surface area (Å²) in [4.78, 5) is 4.03. The lowest BCUT2D eigenvalue weighted by molar-refractivity contribution is 0.198. The van der Waals surface area contributed by atoms with Crippen LogP contribution < -0.4 is 4.74 Å². The van der Waals surface area contributed by atoms with E-state index in [0.29, 0.717) is 21.7 Å². The highest BCUT2D eigenvalue weighted by molar-refractivity contribution is 9.10. The van der Waals surface area contributed by atoms with Crippen molar-refractivity contribution in [2.45, 2.75) is 13.0 Å². The summed E-state index contributed by atoms with van der Waals surface area (Å²) < 4.78 is 18.9. The third-order valence-electron chi connectivity index (χ3n) is 2.35. The van der Waals surface area contributed by atoms with Crippen LogP contribution in [0.25, 0.3) is 0 Å². The number of halogens is 2. The van der Waals surface area contributed by atoms with Gasteiger partial charge in [0.25, 0.3) is 0 Å². The Morgan fingerprint density at radius 1 is 1.33 bits per heavy atom. The van der Waals surface area contributed by atoms with Gasteiger partial charge in [0.15, 0.2) is 0 Å². The van der Waals surface area contributed by atoms with Gasteiger partial charge in [0.2, 0.25) is 5.88 Å². The standard InChI is InChI=1S/C13H11BrFNO2/c1-8(17)9-4-5-16-13(6-9)18-12-3-2-10(15)7-11(12)14/h2-8,17H,1H3. The molecule has 0 bridgehead atoms. The fourth-order valence-corrected chi connectivity index (χ4v) is 1.84. The second-order valence-electron chi connectivity index (χ2n) is 3.78. The first-order chi connectivity index (χ1) is 8.56. The van der Waals surface area contributed by atoms with Crippen molar-refractivity contribution in [2.24, 2.45) is 0 Å². The minimum atomic E-state index is -0.591. The molecule has 3 nitrogen and oxygen atoms in total. The van der Waals surface area contributed by atoms with E-state index in [1.165, 1.54) is 18.2 Å². The molecular formula is C13H11BrFNO2. The van der Waals surface area contributed by atoms with Crippen molar-refractivity contribution in [3.05, 3.63) is 52.4 Å². The van der Waals surface area contributed by atoms with E-state index < -0.39 is 6.10 Å². The maximum absolute atomic E-state index is 12.9. The molecule has 0 saturated heterocycles. The van der Waals surface area contributed by atoms with Crippen molar-refractivity contribution < 1.29 is 14.2 Å². The summed E-state index contributed by atoms with van der Waals surface area (Å²) in [6.45, 7) is 1.66. The van der Waals surface area contributed by atoms with Crippen molar-refractivity contribution in [3.63, 3.8) is 0 Å². The van der Waals surface area contributed by atoms with Crippen molar-refractivity contribution in [2.75, 3.05) is 0 Å². The normalized spacial score (nSPS) is 12.2. The fourth-order valence-electron chi connectivity index (χ4n) is 1.41.